The fourth-order valence-corrected chi connectivity index (χ4v) is 1.61. The Labute approximate surface area is 117 Å². The highest BCUT2D eigenvalue weighted by Crippen LogP contribution is 2.10. The van der Waals surface area contributed by atoms with Gasteiger partial charge in [-0.25, -0.2) is 0 Å². The van der Waals surface area contributed by atoms with Crippen LogP contribution >= 0.6 is 0 Å². The van der Waals surface area contributed by atoms with Gasteiger partial charge >= 0.3 is 6.01 Å². The number of nitrogens with zero attached hydrogens (tertiary/aromatic N) is 5. The van der Waals surface area contributed by atoms with Crippen LogP contribution in [0.2, 0.25) is 0 Å². The second-order valence-corrected chi connectivity index (χ2v) is 4.16. The van der Waals surface area contributed by atoms with Gasteiger partial charge in [0.25, 0.3) is 0 Å². The summed E-state index contributed by atoms with van der Waals surface area (Å²) in [5.74, 6) is 0.956. The van der Waals surface area contributed by atoms with Crippen molar-refractivity contribution in [3.05, 3.63) is 18.0 Å². The summed E-state index contributed by atoms with van der Waals surface area (Å²) in [6, 6.07) is 0.310. The van der Waals surface area contributed by atoms with E-state index in [9.17, 15) is 0 Å². The van der Waals surface area contributed by atoms with Crippen LogP contribution in [0.1, 0.15) is 12.5 Å². The molecule has 0 unspecified atom stereocenters. The third-order valence-electron chi connectivity index (χ3n) is 2.50. The molecule has 2 aromatic heterocycles. The first-order chi connectivity index (χ1) is 9.71. The zero-order valence-electron chi connectivity index (χ0n) is 11.9. The average molecular weight is 277 g/mol. The molecule has 2 N–H and O–H groups in total. The van der Waals surface area contributed by atoms with E-state index in [-0.39, 0.29) is 0 Å². The van der Waals surface area contributed by atoms with Crippen molar-refractivity contribution in [2.24, 2.45) is 0 Å². The van der Waals surface area contributed by atoms with Gasteiger partial charge in [0, 0.05) is 19.8 Å². The normalized spacial score (nSPS) is 10.3. The second kappa shape index (κ2) is 6.69. The molecule has 0 saturated heterocycles. The predicted molar refractivity (Wildman–Crippen MR) is 76.0 cm³/mol. The Morgan fingerprint density at radius 3 is 2.70 bits per heavy atom. The molecule has 0 aliphatic rings. The average Bonchev–Trinajstić information content (AvgIpc) is 2.84. The number of aromatic nitrogens is 5. The minimum atomic E-state index is 0.310. The molecule has 0 aromatic carbocycles. The van der Waals surface area contributed by atoms with E-state index in [1.165, 1.54) is 0 Å². The number of hydrogen-bond acceptors (Lipinski definition) is 7. The molecule has 20 heavy (non-hydrogen) atoms. The third kappa shape index (κ3) is 3.81. The van der Waals surface area contributed by atoms with Gasteiger partial charge in [-0.15, -0.1) is 0 Å². The Morgan fingerprint density at radius 2 is 2.05 bits per heavy atom. The van der Waals surface area contributed by atoms with Crippen LogP contribution < -0.4 is 15.4 Å². The van der Waals surface area contributed by atoms with Gasteiger partial charge in [-0.2, -0.15) is 20.1 Å². The first-order valence-corrected chi connectivity index (χ1v) is 6.51. The van der Waals surface area contributed by atoms with E-state index in [0.29, 0.717) is 31.1 Å². The number of aryl methyl sites for hydroxylation is 1. The largest absolute Gasteiger partial charge is 0.464 e. The third-order valence-corrected chi connectivity index (χ3v) is 2.50. The molecule has 0 aliphatic carbocycles. The maximum Gasteiger partial charge on any atom is 0.323 e. The van der Waals surface area contributed by atoms with Crippen molar-refractivity contribution in [2.45, 2.75) is 20.4 Å². The topological polar surface area (TPSA) is 89.8 Å². The molecule has 0 radical (unpaired) electrons. The van der Waals surface area contributed by atoms with Crippen LogP contribution in [0.3, 0.4) is 0 Å². The first kappa shape index (κ1) is 14.0. The second-order valence-electron chi connectivity index (χ2n) is 4.16. The smallest absolute Gasteiger partial charge is 0.323 e. The Balaban J connectivity index is 1.95. The molecule has 2 heterocycles. The molecule has 8 heteroatoms. The van der Waals surface area contributed by atoms with E-state index in [1.54, 1.807) is 7.05 Å². The summed E-state index contributed by atoms with van der Waals surface area (Å²) < 4.78 is 7.16. The fraction of sp³-hybridized carbons (Fsp3) is 0.500. The van der Waals surface area contributed by atoms with Crippen molar-refractivity contribution < 1.29 is 4.74 Å². The molecular formula is C12H19N7O. The van der Waals surface area contributed by atoms with E-state index in [0.717, 1.165) is 12.1 Å². The summed E-state index contributed by atoms with van der Waals surface area (Å²) in [7, 11) is 1.75. The summed E-state index contributed by atoms with van der Waals surface area (Å²) in [5.41, 5.74) is 1.14. The van der Waals surface area contributed by atoms with Gasteiger partial charge < -0.3 is 15.4 Å². The Morgan fingerprint density at radius 1 is 1.25 bits per heavy atom. The van der Waals surface area contributed by atoms with Crippen LogP contribution in [0.5, 0.6) is 6.01 Å². The molecule has 8 nitrogen and oxygen atoms in total. The molecule has 0 bridgehead atoms. The zero-order chi connectivity index (χ0) is 14.4. The lowest BCUT2D eigenvalue weighted by molar-refractivity contribution is 0.312. The van der Waals surface area contributed by atoms with E-state index >= 15 is 0 Å². The van der Waals surface area contributed by atoms with Crippen molar-refractivity contribution in [3.8, 4) is 6.01 Å². The molecule has 0 aliphatic heterocycles. The van der Waals surface area contributed by atoms with Crippen molar-refractivity contribution in [3.63, 3.8) is 0 Å². The maximum absolute atomic E-state index is 5.30. The lowest BCUT2D eigenvalue weighted by Gasteiger charge is -2.08. The Hall–Kier alpha value is -2.38. The molecule has 108 valence electrons. The lowest BCUT2D eigenvalue weighted by atomic mass is 10.4. The zero-order valence-corrected chi connectivity index (χ0v) is 11.9. The van der Waals surface area contributed by atoms with Gasteiger partial charge in [0.05, 0.1) is 19.3 Å². The van der Waals surface area contributed by atoms with Crippen LogP contribution in [-0.2, 0) is 6.54 Å². The van der Waals surface area contributed by atoms with Crippen molar-refractivity contribution in [1.29, 1.82) is 0 Å². The van der Waals surface area contributed by atoms with Crippen LogP contribution in [0.4, 0.5) is 11.9 Å². The van der Waals surface area contributed by atoms with Crippen LogP contribution in [0.15, 0.2) is 12.4 Å². The molecule has 0 spiro atoms. The van der Waals surface area contributed by atoms with Gasteiger partial charge in [0.1, 0.15) is 0 Å². The number of hydrogen-bond donors (Lipinski definition) is 2. The molecular weight excluding hydrogens is 258 g/mol. The van der Waals surface area contributed by atoms with Crippen LogP contribution in [0, 0.1) is 6.92 Å². The molecule has 2 rings (SSSR count). The molecule has 0 amide bonds. The predicted octanol–water partition coefficient (Wildman–Crippen LogP) is 0.929. The summed E-state index contributed by atoms with van der Waals surface area (Å²) in [5, 5.41) is 10.2. The highest BCUT2D eigenvalue weighted by Gasteiger charge is 2.05. The molecule has 0 atom stereocenters. The highest BCUT2D eigenvalue weighted by atomic mass is 16.5. The van der Waals surface area contributed by atoms with Crippen LogP contribution in [-0.4, -0.2) is 44.9 Å². The van der Waals surface area contributed by atoms with E-state index < -0.39 is 0 Å². The van der Waals surface area contributed by atoms with Crippen molar-refractivity contribution >= 4 is 11.9 Å². The summed E-state index contributed by atoms with van der Waals surface area (Å²) >= 11 is 0. The van der Waals surface area contributed by atoms with E-state index in [2.05, 4.69) is 30.7 Å². The van der Waals surface area contributed by atoms with Gasteiger partial charge in [0.15, 0.2) is 0 Å². The monoisotopic (exact) mass is 277 g/mol. The Bertz CT molecular complexity index is 554. The number of nitrogens with one attached hydrogen (secondary N) is 2. The highest BCUT2D eigenvalue weighted by molar-refractivity contribution is 5.35. The Kier molecular flexibility index (Phi) is 4.70. The molecule has 2 aromatic rings. The molecule has 0 saturated carbocycles. The number of ether oxygens (including phenoxy) is 1. The van der Waals surface area contributed by atoms with E-state index in [4.69, 9.17) is 4.74 Å². The minimum Gasteiger partial charge on any atom is -0.464 e. The first-order valence-electron chi connectivity index (χ1n) is 6.51. The van der Waals surface area contributed by atoms with Gasteiger partial charge in [-0.05, 0) is 19.4 Å². The van der Waals surface area contributed by atoms with Crippen LogP contribution in [0.25, 0.3) is 0 Å². The molecule has 0 fully saturated rings. The van der Waals surface area contributed by atoms with Crippen molar-refractivity contribution in [1.82, 2.24) is 24.7 Å². The summed E-state index contributed by atoms with van der Waals surface area (Å²) in [6.07, 6.45) is 3.81. The quantitative estimate of drug-likeness (QED) is 0.778. The van der Waals surface area contributed by atoms with Gasteiger partial charge in [-0.1, -0.05) is 0 Å². The standard InChI is InChI=1S/C12H19N7O/c1-4-20-12-17-10(13-3)16-11(18-12)14-5-6-19-8-9(2)7-15-19/h7-8H,4-6H2,1-3H3,(H2,13,14,16,17,18). The SMILES string of the molecule is CCOc1nc(NC)nc(NCCn2cc(C)cn2)n1. The summed E-state index contributed by atoms with van der Waals surface area (Å²) in [4.78, 5) is 12.5. The van der Waals surface area contributed by atoms with Gasteiger partial charge in [-0.3, -0.25) is 4.68 Å². The van der Waals surface area contributed by atoms with Gasteiger partial charge in [0.2, 0.25) is 11.9 Å². The minimum absolute atomic E-state index is 0.310. The summed E-state index contributed by atoms with van der Waals surface area (Å²) in [6.45, 7) is 5.81. The van der Waals surface area contributed by atoms with Crippen molar-refractivity contribution in [2.75, 3.05) is 30.8 Å². The maximum atomic E-state index is 5.30. The van der Waals surface area contributed by atoms with E-state index in [1.807, 2.05) is 30.9 Å². The number of rotatable bonds is 7. The fourth-order valence-electron chi connectivity index (χ4n) is 1.61. The number of anilines is 2. The lowest BCUT2D eigenvalue weighted by Crippen LogP contribution is -2.14.